The zero-order chi connectivity index (χ0) is 14.0. The molecular weight excluding hydrogens is 238 g/mol. The first-order chi connectivity index (χ1) is 9.02. The Balaban J connectivity index is 2.22. The van der Waals surface area contributed by atoms with Crippen molar-refractivity contribution in [1.82, 2.24) is 0 Å². The van der Waals surface area contributed by atoms with Gasteiger partial charge in [-0.1, -0.05) is 18.2 Å². The second-order valence-corrected chi connectivity index (χ2v) is 5.32. The van der Waals surface area contributed by atoms with Crippen LogP contribution in [0.15, 0.2) is 18.2 Å². The summed E-state index contributed by atoms with van der Waals surface area (Å²) in [5.41, 5.74) is 3.05. The van der Waals surface area contributed by atoms with E-state index in [1.807, 2.05) is 39.0 Å². The van der Waals surface area contributed by atoms with Crippen LogP contribution in [0.2, 0.25) is 0 Å². The summed E-state index contributed by atoms with van der Waals surface area (Å²) in [6.45, 7) is 5.97. The second kappa shape index (κ2) is 5.54. The highest BCUT2D eigenvalue weighted by atomic mass is 16.5. The number of Topliss-reactive ketones (excluding diaryl/α,β-unsaturated/α-hetero) is 1. The normalized spacial score (nSPS) is 23.9. The minimum atomic E-state index is -0.713. The number of ether oxygens (including phenoxy) is 1. The van der Waals surface area contributed by atoms with Crippen LogP contribution in [0.25, 0.3) is 0 Å². The maximum Gasteiger partial charge on any atom is 0.183 e. The summed E-state index contributed by atoms with van der Waals surface area (Å²) in [6, 6.07) is 7.88. The highest BCUT2D eigenvalue weighted by Crippen LogP contribution is 2.27. The first-order valence-electron chi connectivity index (χ1n) is 6.69. The van der Waals surface area contributed by atoms with E-state index in [1.54, 1.807) is 0 Å². The van der Waals surface area contributed by atoms with Gasteiger partial charge in [0.2, 0.25) is 0 Å². The van der Waals surface area contributed by atoms with Gasteiger partial charge in [-0.25, -0.2) is 0 Å². The number of hydrogen-bond acceptors (Lipinski definition) is 3. The molecule has 3 nitrogen and oxygen atoms in total. The molecule has 19 heavy (non-hydrogen) atoms. The molecule has 0 N–H and O–H groups in total. The lowest BCUT2D eigenvalue weighted by Crippen LogP contribution is -2.26. The van der Waals surface area contributed by atoms with E-state index in [0.29, 0.717) is 0 Å². The minimum absolute atomic E-state index is 0.102. The van der Waals surface area contributed by atoms with Crippen LogP contribution in [0.1, 0.15) is 42.4 Å². The predicted molar refractivity (Wildman–Crippen MR) is 72.8 cm³/mol. The topological polar surface area (TPSA) is 50.1 Å². The molecule has 1 aromatic carbocycles. The number of carbonyl (C=O) groups excluding carboxylic acids is 1. The van der Waals surface area contributed by atoms with E-state index >= 15 is 0 Å². The van der Waals surface area contributed by atoms with Gasteiger partial charge in [-0.05, 0) is 50.3 Å². The summed E-state index contributed by atoms with van der Waals surface area (Å²) in [5, 5.41) is 9.31. The van der Waals surface area contributed by atoms with E-state index in [9.17, 15) is 10.1 Å². The molecule has 0 bridgehead atoms. The Morgan fingerprint density at radius 1 is 1.37 bits per heavy atom. The molecule has 1 aromatic rings. The first-order valence-corrected chi connectivity index (χ1v) is 6.69. The number of carbonyl (C=O) groups is 1. The van der Waals surface area contributed by atoms with Crippen molar-refractivity contribution in [3.05, 3.63) is 34.9 Å². The van der Waals surface area contributed by atoms with E-state index in [2.05, 4.69) is 6.07 Å². The average Bonchev–Trinajstić information content (AvgIpc) is 2.81. The molecule has 100 valence electrons. The van der Waals surface area contributed by atoms with Crippen LogP contribution in [0.4, 0.5) is 0 Å². The number of hydrogen-bond donors (Lipinski definition) is 0. The zero-order valence-electron chi connectivity index (χ0n) is 11.6. The van der Waals surface area contributed by atoms with Crippen molar-refractivity contribution in [2.24, 2.45) is 0 Å². The van der Waals surface area contributed by atoms with Crippen molar-refractivity contribution in [3.63, 3.8) is 0 Å². The molecule has 2 rings (SSSR count). The summed E-state index contributed by atoms with van der Waals surface area (Å²) in [4.78, 5) is 12.4. The van der Waals surface area contributed by atoms with Crippen LogP contribution in [-0.2, 0) is 9.53 Å². The van der Waals surface area contributed by atoms with Gasteiger partial charge in [0.05, 0.1) is 12.2 Å². The molecule has 3 unspecified atom stereocenters. The molecule has 0 spiro atoms. The molecule has 1 aliphatic heterocycles. The van der Waals surface area contributed by atoms with Crippen LogP contribution >= 0.6 is 0 Å². The van der Waals surface area contributed by atoms with Gasteiger partial charge in [0.25, 0.3) is 0 Å². The van der Waals surface area contributed by atoms with E-state index < -0.39 is 12.0 Å². The number of nitriles is 1. The molecule has 0 aromatic heterocycles. The molecule has 3 atom stereocenters. The molecule has 0 saturated carbocycles. The molecule has 1 aliphatic rings. The first kappa shape index (κ1) is 13.8. The standard InChI is InChI=1S/C16H19NO2/c1-10-4-6-13(8-11(10)2)14(9-17)16(18)15-7-5-12(3)19-15/h4,6,8,12,14-15H,5,7H2,1-3H3. The molecule has 1 fully saturated rings. The van der Waals surface area contributed by atoms with Crippen molar-refractivity contribution in [2.75, 3.05) is 0 Å². The van der Waals surface area contributed by atoms with Gasteiger partial charge >= 0.3 is 0 Å². The van der Waals surface area contributed by atoms with Crippen LogP contribution < -0.4 is 0 Å². The van der Waals surface area contributed by atoms with Crippen molar-refractivity contribution in [1.29, 1.82) is 5.26 Å². The molecule has 0 amide bonds. The van der Waals surface area contributed by atoms with Gasteiger partial charge in [-0.2, -0.15) is 5.26 Å². The van der Waals surface area contributed by atoms with Crippen molar-refractivity contribution in [3.8, 4) is 6.07 Å². The highest BCUT2D eigenvalue weighted by molar-refractivity contribution is 5.92. The highest BCUT2D eigenvalue weighted by Gasteiger charge is 2.33. The van der Waals surface area contributed by atoms with E-state index in [4.69, 9.17) is 4.74 Å². The van der Waals surface area contributed by atoms with Gasteiger partial charge < -0.3 is 4.74 Å². The Hall–Kier alpha value is -1.66. The maximum atomic E-state index is 12.4. The predicted octanol–water partition coefficient (Wildman–Crippen LogP) is 3.05. The van der Waals surface area contributed by atoms with Gasteiger partial charge in [0, 0.05) is 0 Å². The smallest absolute Gasteiger partial charge is 0.183 e. The largest absolute Gasteiger partial charge is 0.367 e. The van der Waals surface area contributed by atoms with Gasteiger partial charge in [0.15, 0.2) is 5.78 Å². The second-order valence-electron chi connectivity index (χ2n) is 5.32. The number of aryl methyl sites for hydroxylation is 2. The minimum Gasteiger partial charge on any atom is -0.367 e. The van der Waals surface area contributed by atoms with Crippen molar-refractivity contribution in [2.45, 2.75) is 51.7 Å². The lowest BCUT2D eigenvalue weighted by Gasteiger charge is -2.15. The molecule has 1 saturated heterocycles. The number of rotatable bonds is 3. The van der Waals surface area contributed by atoms with Crippen LogP contribution in [-0.4, -0.2) is 18.0 Å². The summed E-state index contributed by atoms with van der Waals surface area (Å²) in [7, 11) is 0. The summed E-state index contributed by atoms with van der Waals surface area (Å²) < 4.78 is 5.58. The number of nitrogens with zero attached hydrogens (tertiary/aromatic N) is 1. The van der Waals surface area contributed by atoms with Crippen LogP contribution in [0.3, 0.4) is 0 Å². The quantitative estimate of drug-likeness (QED) is 0.836. The van der Waals surface area contributed by atoms with E-state index in [0.717, 1.165) is 24.0 Å². The molecule has 0 radical (unpaired) electrons. The molecule has 3 heteroatoms. The van der Waals surface area contributed by atoms with Crippen molar-refractivity contribution < 1.29 is 9.53 Å². The van der Waals surface area contributed by atoms with E-state index in [-0.39, 0.29) is 11.9 Å². The van der Waals surface area contributed by atoms with Crippen LogP contribution in [0, 0.1) is 25.2 Å². The third-order valence-electron chi connectivity index (χ3n) is 3.83. The van der Waals surface area contributed by atoms with Crippen LogP contribution in [0.5, 0.6) is 0 Å². The lowest BCUT2D eigenvalue weighted by molar-refractivity contribution is -0.129. The zero-order valence-corrected chi connectivity index (χ0v) is 11.6. The van der Waals surface area contributed by atoms with Gasteiger partial charge in [-0.3, -0.25) is 4.79 Å². The van der Waals surface area contributed by atoms with Crippen molar-refractivity contribution >= 4 is 5.78 Å². The number of ketones is 1. The molecule has 0 aliphatic carbocycles. The fourth-order valence-corrected chi connectivity index (χ4v) is 2.44. The summed E-state index contributed by atoms with van der Waals surface area (Å²) >= 11 is 0. The maximum absolute atomic E-state index is 12.4. The Morgan fingerprint density at radius 3 is 2.63 bits per heavy atom. The monoisotopic (exact) mass is 257 g/mol. The lowest BCUT2D eigenvalue weighted by atomic mass is 9.90. The van der Waals surface area contributed by atoms with Gasteiger partial charge in [-0.15, -0.1) is 0 Å². The Kier molecular flexibility index (Phi) is 4.01. The summed E-state index contributed by atoms with van der Waals surface area (Å²) in [5.74, 6) is -0.815. The fraction of sp³-hybridized carbons (Fsp3) is 0.500. The number of benzene rings is 1. The Morgan fingerprint density at radius 2 is 2.11 bits per heavy atom. The SMILES string of the molecule is Cc1ccc(C(C#N)C(=O)C2CCC(C)O2)cc1C. The Labute approximate surface area is 114 Å². The third-order valence-corrected chi connectivity index (χ3v) is 3.83. The Bertz CT molecular complexity index is 530. The van der Waals surface area contributed by atoms with Gasteiger partial charge in [0.1, 0.15) is 12.0 Å². The molecule has 1 heterocycles. The summed E-state index contributed by atoms with van der Waals surface area (Å²) in [6.07, 6.45) is 1.32. The fourth-order valence-electron chi connectivity index (χ4n) is 2.44. The molecular formula is C16H19NO2. The van der Waals surface area contributed by atoms with E-state index in [1.165, 1.54) is 5.56 Å². The third kappa shape index (κ3) is 2.85. The average molecular weight is 257 g/mol.